The molecule has 0 aliphatic rings. The summed E-state index contributed by atoms with van der Waals surface area (Å²) in [5.74, 6) is -1.02. The second-order valence-corrected chi connectivity index (χ2v) is 4.98. The zero-order chi connectivity index (χ0) is 16.2. The minimum atomic E-state index is -4.43. The number of hydrogen-bond donors (Lipinski definition) is 2. The maximum absolute atomic E-state index is 13.5. The third kappa shape index (κ3) is 5.71. The summed E-state index contributed by atoms with van der Waals surface area (Å²) in [6.07, 6.45) is -4.43. The van der Waals surface area contributed by atoms with Crippen molar-refractivity contribution in [2.75, 3.05) is 6.54 Å². The Morgan fingerprint density at radius 1 is 1.24 bits per heavy atom. The Balaban J connectivity index is 2.53. The average Bonchev–Trinajstić information content (AvgIpc) is 2.38. The van der Waals surface area contributed by atoms with Crippen LogP contribution in [0.2, 0.25) is 0 Å². The summed E-state index contributed by atoms with van der Waals surface area (Å²) in [6, 6.07) is 2.49. The molecule has 1 atom stereocenters. The fourth-order valence-electron chi connectivity index (χ4n) is 1.84. The summed E-state index contributed by atoms with van der Waals surface area (Å²) in [5.41, 5.74) is 1.74. The van der Waals surface area contributed by atoms with E-state index in [4.69, 9.17) is 0 Å². The maximum atomic E-state index is 13.5. The van der Waals surface area contributed by atoms with Crippen LogP contribution in [0.1, 0.15) is 23.6 Å². The molecule has 21 heavy (non-hydrogen) atoms. The molecule has 0 bridgehead atoms. The van der Waals surface area contributed by atoms with E-state index in [9.17, 15) is 22.4 Å². The van der Waals surface area contributed by atoms with Crippen molar-refractivity contribution in [1.82, 2.24) is 10.6 Å². The summed E-state index contributed by atoms with van der Waals surface area (Å²) >= 11 is 0. The molecule has 0 aromatic heterocycles. The van der Waals surface area contributed by atoms with E-state index in [-0.39, 0.29) is 12.4 Å². The first kappa shape index (κ1) is 17.4. The van der Waals surface area contributed by atoms with Gasteiger partial charge in [0, 0.05) is 6.54 Å². The van der Waals surface area contributed by atoms with Gasteiger partial charge in [-0.05, 0) is 37.5 Å². The monoisotopic (exact) mass is 306 g/mol. The van der Waals surface area contributed by atoms with E-state index in [0.29, 0.717) is 11.1 Å². The minimum absolute atomic E-state index is 0.266. The van der Waals surface area contributed by atoms with Crippen molar-refractivity contribution in [2.45, 2.75) is 39.5 Å². The lowest BCUT2D eigenvalue weighted by atomic mass is 10.1. The van der Waals surface area contributed by atoms with E-state index in [0.717, 1.165) is 5.56 Å². The van der Waals surface area contributed by atoms with Gasteiger partial charge in [-0.15, -0.1) is 0 Å². The number of nitrogens with one attached hydrogen (secondary N) is 2. The van der Waals surface area contributed by atoms with Crippen LogP contribution in [0.4, 0.5) is 17.6 Å². The van der Waals surface area contributed by atoms with Gasteiger partial charge in [-0.25, -0.2) is 4.39 Å². The smallest absolute Gasteiger partial charge is 0.346 e. The zero-order valence-corrected chi connectivity index (χ0v) is 12.1. The Bertz CT molecular complexity index is 491. The quantitative estimate of drug-likeness (QED) is 0.821. The lowest BCUT2D eigenvalue weighted by Gasteiger charge is -2.15. The molecule has 1 aromatic rings. The largest absolute Gasteiger partial charge is 0.405 e. The van der Waals surface area contributed by atoms with Crippen molar-refractivity contribution in [3.8, 4) is 0 Å². The number of carbonyl (C=O) groups excluding carboxylic acids is 1. The van der Waals surface area contributed by atoms with Crippen molar-refractivity contribution in [3.05, 3.63) is 34.6 Å². The summed E-state index contributed by atoms with van der Waals surface area (Å²) in [4.78, 5) is 11.5. The van der Waals surface area contributed by atoms with Gasteiger partial charge in [0.25, 0.3) is 0 Å². The first-order valence-electron chi connectivity index (χ1n) is 6.43. The molecule has 1 rings (SSSR count). The van der Waals surface area contributed by atoms with Crippen molar-refractivity contribution in [2.24, 2.45) is 0 Å². The van der Waals surface area contributed by atoms with Crippen LogP contribution < -0.4 is 10.6 Å². The molecule has 0 aliphatic carbocycles. The minimum Gasteiger partial charge on any atom is -0.346 e. The fraction of sp³-hybridized carbons (Fsp3) is 0.500. The molecule has 1 aromatic carbocycles. The second kappa shape index (κ2) is 6.89. The number of carbonyl (C=O) groups is 1. The summed E-state index contributed by atoms with van der Waals surface area (Å²) in [5, 5.41) is 4.61. The lowest BCUT2D eigenvalue weighted by Crippen LogP contribution is -2.45. The highest BCUT2D eigenvalue weighted by Crippen LogP contribution is 2.15. The van der Waals surface area contributed by atoms with Gasteiger partial charge in [-0.2, -0.15) is 13.2 Å². The molecule has 0 saturated heterocycles. The Labute approximate surface area is 120 Å². The molecule has 0 saturated carbocycles. The Morgan fingerprint density at radius 3 is 2.24 bits per heavy atom. The lowest BCUT2D eigenvalue weighted by molar-refractivity contribution is -0.139. The van der Waals surface area contributed by atoms with E-state index in [1.54, 1.807) is 31.3 Å². The molecule has 1 unspecified atom stereocenters. The van der Waals surface area contributed by atoms with Gasteiger partial charge in [0.1, 0.15) is 12.4 Å². The molecule has 2 N–H and O–H groups in total. The SMILES string of the molecule is Cc1cc(CNC(C)C(=O)NCC(F)(F)F)cc(C)c1F. The highest BCUT2D eigenvalue weighted by molar-refractivity contribution is 5.81. The van der Waals surface area contributed by atoms with Crippen LogP contribution in [0.5, 0.6) is 0 Å². The first-order valence-corrected chi connectivity index (χ1v) is 6.43. The molecular weight excluding hydrogens is 288 g/mol. The normalized spacial score (nSPS) is 13.1. The number of hydrogen-bond acceptors (Lipinski definition) is 2. The van der Waals surface area contributed by atoms with Gasteiger partial charge in [0.15, 0.2) is 0 Å². The van der Waals surface area contributed by atoms with Crippen LogP contribution in [0.25, 0.3) is 0 Å². The summed E-state index contributed by atoms with van der Waals surface area (Å²) < 4.78 is 49.4. The van der Waals surface area contributed by atoms with Crippen molar-refractivity contribution >= 4 is 5.91 Å². The van der Waals surface area contributed by atoms with Gasteiger partial charge >= 0.3 is 6.18 Å². The van der Waals surface area contributed by atoms with Gasteiger partial charge in [-0.1, -0.05) is 12.1 Å². The molecule has 118 valence electrons. The van der Waals surface area contributed by atoms with Crippen molar-refractivity contribution in [3.63, 3.8) is 0 Å². The van der Waals surface area contributed by atoms with Gasteiger partial charge < -0.3 is 10.6 Å². The number of alkyl halides is 3. The Kier molecular flexibility index (Phi) is 5.71. The second-order valence-electron chi connectivity index (χ2n) is 4.98. The topological polar surface area (TPSA) is 41.1 Å². The van der Waals surface area contributed by atoms with Gasteiger partial charge in [0.05, 0.1) is 6.04 Å². The van der Waals surface area contributed by atoms with Crippen LogP contribution in [-0.4, -0.2) is 24.7 Å². The van der Waals surface area contributed by atoms with E-state index in [1.165, 1.54) is 6.92 Å². The van der Waals surface area contributed by atoms with E-state index >= 15 is 0 Å². The molecule has 0 spiro atoms. The maximum Gasteiger partial charge on any atom is 0.405 e. The molecule has 1 amide bonds. The van der Waals surface area contributed by atoms with Gasteiger partial charge in [0.2, 0.25) is 5.91 Å². The molecule has 3 nitrogen and oxygen atoms in total. The molecule has 0 aliphatic heterocycles. The third-order valence-electron chi connectivity index (χ3n) is 2.96. The number of halogens is 4. The predicted octanol–water partition coefficient (Wildman–Crippen LogP) is 2.60. The zero-order valence-electron chi connectivity index (χ0n) is 12.1. The van der Waals surface area contributed by atoms with Crippen molar-refractivity contribution < 1.29 is 22.4 Å². The fourth-order valence-corrected chi connectivity index (χ4v) is 1.84. The Hall–Kier alpha value is -1.63. The predicted molar refractivity (Wildman–Crippen MR) is 71.2 cm³/mol. The standard InChI is InChI=1S/C14H18F4N2O/c1-8-4-11(5-9(2)12(8)15)6-19-10(3)13(21)20-7-14(16,17)18/h4-5,10,19H,6-7H2,1-3H3,(H,20,21). The van der Waals surface area contributed by atoms with Crippen LogP contribution >= 0.6 is 0 Å². The summed E-state index contributed by atoms with van der Waals surface area (Å²) in [6.45, 7) is 3.64. The van der Waals surface area contributed by atoms with Gasteiger partial charge in [-0.3, -0.25) is 4.79 Å². The number of benzene rings is 1. The Morgan fingerprint density at radius 2 is 1.76 bits per heavy atom. The highest BCUT2D eigenvalue weighted by atomic mass is 19.4. The van der Waals surface area contributed by atoms with Crippen LogP contribution in [0, 0.1) is 19.7 Å². The first-order chi connectivity index (χ1) is 9.60. The molecule has 0 heterocycles. The number of aryl methyl sites for hydroxylation is 2. The van der Waals surface area contributed by atoms with Crippen molar-refractivity contribution in [1.29, 1.82) is 0 Å². The third-order valence-corrected chi connectivity index (χ3v) is 2.96. The van der Waals surface area contributed by atoms with E-state index in [2.05, 4.69) is 5.32 Å². The molecule has 7 heteroatoms. The highest BCUT2D eigenvalue weighted by Gasteiger charge is 2.28. The van der Waals surface area contributed by atoms with Crippen LogP contribution in [0.3, 0.4) is 0 Å². The average molecular weight is 306 g/mol. The molecular formula is C14H18F4N2O. The van der Waals surface area contributed by atoms with Crippen LogP contribution in [0.15, 0.2) is 12.1 Å². The van der Waals surface area contributed by atoms with E-state index in [1.807, 2.05) is 0 Å². The molecule has 0 fully saturated rings. The number of amides is 1. The van der Waals surface area contributed by atoms with Crippen LogP contribution in [-0.2, 0) is 11.3 Å². The van der Waals surface area contributed by atoms with E-state index < -0.39 is 24.7 Å². The number of rotatable bonds is 5. The molecule has 0 radical (unpaired) electrons. The summed E-state index contributed by atoms with van der Waals surface area (Å²) in [7, 11) is 0.